The molecule has 124 valence electrons. The number of hydrogen-bond donors (Lipinski definition) is 1. The van der Waals surface area contributed by atoms with E-state index in [-0.39, 0.29) is 17.7 Å². The smallest absolute Gasteiger partial charge is 0.227 e. The van der Waals surface area contributed by atoms with Crippen LogP contribution < -0.4 is 10.2 Å². The molecule has 3 rings (SSSR count). The average molecular weight is 314 g/mol. The van der Waals surface area contributed by atoms with Crippen LogP contribution >= 0.6 is 0 Å². The van der Waals surface area contributed by atoms with E-state index in [1.165, 1.54) is 25.7 Å². The second-order valence-corrected chi connectivity index (χ2v) is 6.89. The minimum atomic E-state index is -0.217. The lowest BCUT2D eigenvalue weighted by molar-refractivity contribution is -0.127. The van der Waals surface area contributed by atoms with E-state index in [2.05, 4.69) is 5.32 Å². The van der Waals surface area contributed by atoms with Crippen molar-refractivity contribution in [2.75, 3.05) is 11.4 Å². The summed E-state index contributed by atoms with van der Waals surface area (Å²) in [6.45, 7) is 2.50. The maximum atomic E-state index is 12.5. The quantitative estimate of drug-likeness (QED) is 0.871. The fraction of sp³-hybridized carbons (Fsp3) is 0.579. The second-order valence-electron chi connectivity index (χ2n) is 6.89. The Labute approximate surface area is 138 Å². The number of nitrogens with zero attached hydrogens (tertiary/aromatic N) is 1. The van der Waals surface area contributed by atoms with Crippen molar-refractivity contribution in [1.82, 2.24) is 5.32 Å². The molecule has 0 bridgehead atoms. The van der Waals surface area contributed by atoms with Crippen LogP contribution in [0.3, 0.4) is 0 Å². The average Bonchev–Trinajstić information content (AvgIpc) is 2.75. The Morgan fingerprint density at radius 1 is 1.13 bits per heavy atom. The molecule has 1 atom stereocenters. The molecule has 0 unspecified atom stereocenters. The summed E-state index contributed by atoms with van der Waals surface area (Å²) in [4.78, 5) is 26.6. The molecule has 0 spiro atoms. The number of benzene rings is 1. The van der Waals surface area contributed by atoms with E-state index in [0.29, 0.717) is 19.0 Å². The molecule has 4 heteroatoms. The number of carbonyl (C=O) groups excluding carboxylic acids is 2. The first kappa shape index (κ1) is 16.0. The molecule has 1 aliphatic heterocycles. The van der Waals surface area contributed by atoms with Crippen molar-refractivity contribution < 1.29 is 9.59 Å². The number of rotatable bonds is 3. The standard InChI is InChI=1S/C19H26N2O2/c1-14-8-6-7-11-17(14)21-13-15(12-18(21)22)19(23)20-16-9-4-2-3-5-10-16/h6-8,11,15-16H,2-5,9-10,12-13H2,1H3,(H,20,23)/t15-/m1/s1. The molecule has 2 amide bonds. The molecule has 1 N–H and O–H groups in total. The first-order valence-corrected chi connectivity index (χ1v) is 8.81. The SMILES string of the molecule is Cc1ccccc1N1C[C@H](C(=O)NC2CCCCCC2)CC1=O. The van der Waals surface area contributed by atoms with Gasteiger partial charge in [-0.3, -0.25) is 9.59 Å². The van der Waals surface area contributed by atoms with Gasteiger partial charge in [0.15, 0.2) is 0 Å². The van der Waals surface area contributed by atoms with Gasteiger partial charge in [0.2, 0.25) is 11.8 Å². The minimum Gasteiger partial charge on any atom is -0.353 e. The van der Waals surface area contributed by atoms with Crippen molar-refractivity contribution in [3.05, 3.63) is 29.8 Å². The molecule has 23 heavy (non-hydrogen) atoms. The highest BCUT2D eigenvalue weighted by Gasteiger charge is 2.36. The lowest BCUT2D eigenvalue weighted by atomic mass is 10.0. The summed E-state index contributed by atoms with van der Waals surface area (Å²) >= 11 is 0. The minimum absolute atomic E-state index is 0.0558. The maximum absolute atomic E-state index is 12.5. The predicted molar refractivity (Wildman–Crippen MR) is 91.3 cm³/mol. The van der Waals surface area contributed by atoms with Crippen LogP contribution in [0.2, 0.25) is 0 Å². The lowest BCUT2D eigenvalue weighted by Gasteiger charge is -2.20. The maximum Gasteiger partial charge on any atom is 0.227 e. The van der Waals surface area contributed by atoms with Gasteiger partial charge in [-0.25, -0.2) is 0 Å². The van der Waals surface area contributed by atoms with Crippen LogP contribution in [0.25, 0.3) is 0 Å². The van der Waals surface area contributed by atoms with Crippen molar-refractivity contribution in [1.29, 1.82) is 0 Å². The zero-order valence-corrected chi connectivity index (χ0v) is 13.9. The fourth-order valence-corrected chi connectivity index (χ4v) is 3.73. The monoisotopic (exact) mass is 314 g/mol. The molecule has 0 aromatic heterocycles. The molecule has 1 aromatic rings. The van der Waals surface area contributed by atoms with E-state index in [1.807, 2.05) is 31.2 Å². The Balaban J connectivity index is 1.62. The topological polar surface area (TPSA) is 49.4 Å². The zero-order valence-electron chi connectivity index (χ0n) is 13.9. The number of carbonyl (C=O) groups is 2. The van der Waals surface area contributed by atoms with Gasteiger partial charge >= 0.3 is 0 Å². The van der Waals surface area contributed by atoms with E-state index in [4.69, 9.17) is 0 Å². The molecule has 1 saturated heterocycles. The second kappa shape index (κ2) is 7.16. The van der Waals surface area contributed by atoms with E-state index >= 15 is 0 Å². The summed E-state index contributed by atoms with van der Waals surface area (Å²) in [5.41, 5.74) is 2.01. The van der Waals surface area contributed by atoms with Crippen molar-refractivity contribution in [3.63, 3.8) is 0 Å². The highest BCUT2D eigenvalue weighted by Crippen LogP contribution is 2.28. The highest BCUT2D eigenvalue weighted by molar-refractivity contribution is 6.00. The van der Waals surface area contributed by atoms with Crippen LogP contribution in [0, 0.1) is 12.8 Å². The molecule has 0 radical (unpaired) electrons. The Morgan fingerprint density at radius 2 is 1.83 bits per heavy atom. The third-order valence-electron chi connectivity index (χ3n) is 5.10. The summed E-state index contributed by atoms with van der Waals surface area (Å²) in [6.07, 6.45) is 7.42. The fourth-order valence-electron chi connectivity index (χ4n) is 3.73. The molecule has 1 aromatic carbocycles. The van der Waals surface area contributed by atoms with Crippen LogP contribution in [0.1, 0.15) is 50.5 Å². The van der Waals surface area contributed by atoms with Gasteiger partial charge in [-0.1, -0.05) is 43.9 Å². The number of amides is 2. The Hall–Kier alpha value is -1.84. The van der Waals surface area contributed by atoms with E-state index in [0.717, 1.165) is 24.1 Å². The summed E-state index contributed by atoms with van der Waals surface area (Å²) < 4.78 is 0. The molecule has 2 aliphatic rings. The summed E-state index contributed by atoms with van der Waals surface area (Å²) in [6, 6.07) is 8.16. The van der Waals surface area contributed by atoms with Gasteiger partial charge in [-0.15, -0.1) is 0 Å². The largest absolute Gasteiger partial charge is 0.353 e. The first-order valence-electron chi connectivity index (χ1n) is 8.81. The van der Waals surface area contributed by atoms with Gasteiger partial charge in [-0.2, -0.15) is 0 Å². The van der Waals surface area contributed by atoms with E-state index in [9.17, 15) is 9.59 Å². The van der Waals surface area contributed by atoms with E-state index in [1.54, 1.807) is 4.90 Å². The summed E-state index contributed by atoms with van der Waals surface area (Å²) in [5, 5.41) is 3.19. The summed E-state index contributed by atoms with van der Waals surface area (Å²) in [5.74, 6) is -0.105. The lowest BCUT2D eigenvalue weighted by Crippen LogP contribution is -2.39. The summed E-state index contributed by atoms with van der Waals surface area (Å²) in [7, 11) is 0. The van der Waals surface area contributed by atoms with Crippen LogP contribution in [-0.4, -0.2) is 24.4 Å². The van der Waals surface area contributed by atoms with Gasteiger partial charge in [0.05, 0.1) is 5.92 Å². The molecule has 4 nitrogen and oxygen atoms in total. The molecule has 1 heterocycles. The van der Waals surface area contributed by atoms with Gasteiger partial charge in [0.25, 0.3) is 0 Å². The number of hydrogen-bond acceptors (Lipinski definition) is 2. The molecule has 1 saturated carbocycles. The van der Waals surface area contributed by atoms with Crippen LogP contribution in [-0.2, 0) is 9.59 Å². The number of para-hydroxylation sites is 1. The number of anilines is 1. The molecule has 2 fully saturated rings. The zero-order chi connectivity index (χ0) is 16.2. The normalized spacial score (nSPS) is 22.9. The first-order chi connectivity index (χ1) is 11.1. The Morgan fingerprint density at radius 3 is 2.52 bits per heavy atom. The number of nitrogens with one attached hydrogen (secondary N) is 1. The van der Waals surface area contributed by atoms with Gasteiger partial charge in [0.1, 0.15) is 0 Å². The van der Waals surface area contributed by atoms with Crippen molar-refractivity contribution in [2.24, 2.45) is 5.92 Å². The highest BCUT2D eigenvalue weighted by atomic mass is 16.2. The third-order valence-corrected chi connectivity index (χ3v) is 5.10. The number of aryl methyl sites for hydroxylation is 1. The van der Waals surface area contributed by atoms with Crippen LogP contribution in [0.4, 0.5) is 5.69 Å². The van der Waals surface area contributed by atoms with Crippen molar-refractivity contribution in [3.8, 4) is 0 Å². The van der Waals surface area contributed by atoms with Crippen LogP contribution in [0.5, 0.6) is 0 Å². The van der Waals surface area contributed by atoms with Gasteiger partial charge < -0.3 is 10.2 Å². The Bertz CT molecular complexity index is 576. The van der Waals surface area contributed by atoms with Crippen molar-refractivity contribution in [2.45, 2.75) is 57.9 Å². The van der Waals surface area contributed by atoms with Crippen molar-refractivity contribution >= 4 is 17.5 Å². The van der Waals surface area contributed by atoms with E-state index < -0.39 is 0 Å². The molecule has 1 aliphatic carbocycles. The predicted octanol–water partition coefficient (Wildman–Crippen LogP) is 3.19. The molecular formula is C19H26N2O2. The molecular weight excluding hydrogens is 288 g/mol. The van der Waals surface area contributed by atoms with Crippen LogP contribution in [0.15, 0.2) is 24.3 Å². The third kappa shape index (κ3) is 3.74. The van der Waals surface area contributed by atoms with Gasteiger partial charge in [-0.05, 0) is 31.4 Å². The Kier molecular flexibility index (Phi) is 4.99. The van der Waals surface area contributed by atoms with Gasteiger partial charge in [0, 0.05) is 24.7 Å².